The second-order valence-electron chi connectivity index (χ2n) is 4.65. The highest BCUT2D eigenvalue weighted by Crippen LogP contribution is 2.13. The van der Waals surface area contributed by atoms with Crippen molar-refractivity contribution in [2.24, 2.45) is 0 Å². The van der Waals surface area contributed by atoms with Crippen LogP contribution in [0.2, 0.25) is 0 Å². The molecular formula is C16H17BrN2O. The topological polar surface area (TPSA) is 42.0 Å². The highest BCUT2D eigenvalue weighted by molar-refractivity contribution is 9.10. The molecule has 0 radical (unpaired) electrons. The normalized spacial score (nSPS) is 10.3. The molecule has 1 aromatic carbocycles. The van der Waals surface area contributed by atoms with Crippen LogP contribution in [0.5, 0.6) is 0 Å². The van der Waals surface area contributed by atoms with E-state index < -0.39 is 0 Å². The van der Waals surface area contributed by atoms with Crippen LogP contribution in [0.1, 0.15) is 24.5 Å². The molecule has 2 rings (SSSR count). The zero-order valence-corrected chi connectivity index (χ0v) is 13.0. The molecule has 0 saturated heterocycles. The summed E-state index contributed by atoms with van der Waals surface area (Å²) in [7, 11) is 0. The summed E-state index contributed by atoms with van der Waals surface area (Å²) < 4.78 is 0.895. The lowest BCUT2D eigenvalue weighted by molar-refractivity contribution is -0.115. The van der Waals surface area contributed by atoms with Crippen molar-refractivity contribution in [1.82, 2.24) is 4.98 Å². The zero-order valence-electron chi connectivity index (χ0n) is 11.4. The molecule has 20 heavy (non-hydrogen) atoms. The van der Waals surface area contributed by atoms with Gasteiger partial charge in [0.1, 0.15) is 5.82 Å². The van der Waals surface area contributed by atoms with Gasteiger partial charge in [-0.25, -0.2) is 4.98 Å². The van der Waals surface area contributed by atoms with Gasteiger partial charge in [0, 0.05) is 10.7 Å². The SMILES string of the molecule is CCCc1ccc(CC(=O)Nc2cc(Br)ccn2)cc1. The Morgan fingerprint density at radius 1 is 1.20 bits per heavy atom. The summed E-state index contributed by atoms with van der Waals surface area (Å²) in [6.07, 6.45) is 4.22. The summed E-state index contributed by atoms with van der Waals surface area (Å²) in [6, 6.07) is 11.8. The molecule has 0 aliphatic carbocycles. The second kappa shape index (κ2) is 7.20. The van der Waals surface area contributed by atoms with E-state index in [-0.39, 0.29) is 5.91 Å². The van der Waals surface area contributed by atoms with Crippen molar-refractivity contribution < 1.29 is 4.79 Å². The van der Waals surface area contributed by atoms with E-state index in [1.807, 2.05) is 18.2 Å². The molecule has 0 saturated carbocycles. The smallest absolute Gasteiger partial charge is 0.229 e. The van der Waals surface area contributed by atoms with Gasteiger partial charge in [0.15, 0.2) is 0 Å². The van der Waals surface area contributed by atoms with Crippen LogP contribution in [-0.2, 0) is 17.6 Å². The van der Waals surface area contributed by atoms with Crippen molar-refractivity contribution >= 4 is 27.7 Å². The maximum absolute atomic E-state index is 11.9. The van der Waals surface area contributed by atoms with E-state index in [1.54, 1.807) is 12.3 Å². The van der Waals surface area contributed by atoms with E-state index in [2.05, 4.69) is 45.3 Å². The number of hydrogen-bond donors (Lipinski definition) is 1. The number of rotatable bonds is 5. The van der Waals surface area contributed by atoms with Crippen molar-refractivity contribution in [3.8, 4) is 0 Å². The summed E-state index contributed by atoms with van der Waals surface area (Å²) in [4.78, 5) is 16.0. The number of hydrogen-bond acceptors (Lipinski definition) is 2. The molecule has 1 N–H and O–H groups in total. The van der Waals surface area contributed by atoms with E-state index in [9.17, 15) is 4.79 Å². The number of nitrogens with zero attached hydrogens (tertiary/aromatic N) is 1. The Morgan fingerprint density at radius 3 is 2.55 bits per heavy atom. The summed E-state index contributed by atoms with van der Waals surface area (Å²) in [5, 5.41) is 2.79. The van der Waals surface area contributed by atoms with Crippen LogP contribution in [0.4, 0.5) is 5.82 Å². The predicted octanol–water partition coefficient (Wildman–Crippen LogP) is 3.98. The van der Waals surface area contributed by atoms with Crippen LogP contribution in [0.3, 0.4) is 0 Å². The van der Waals surface area contributed by atoms with Crippen LogP contribution in [-0.4, -0.2) is 10.9 Å². The average molecular weight is 333 g/mol. The predicted molar refractivity (Wildman–Crippen MR) is 84.7 cm³/mol. The molecule has 0 unspecified atom stereocenters. The molecule has 2 aromatic rings. The van der Waals surface area contributed by atoms with Crippen LogP contribution < -0.4 is 5.32 Å². The zero-order chi connectivity index (χ0) is 14.4. The standard InChI is InChI=1S/C16H17BrN2O/c1-2-3-12-4-6-13(7-5-12)10-16(20)19-15-11-14(17)8-9-18-15/h4-9,11H,2-3,10H2,1H3,(H,18,19,20). The first-order chi connectivity index (χ1) is 9.67. The van der Waals surface area contributed by atoms with Crippen molar-refractivity contribution in [3.63, 3.8) is 0 Å². The summed E-state index contributed by atoms with van der Waals surface area (Å²) >= 11 is 3.35. The molecular weight excluding hydrogens is 316 g/mol. The average Bonchev–Trinajstić information content (AvgIpc) is 2.41. The molecule has 0 aliphatic rings. The minimum Gasteiger partial charge on any atom is -0.310 e. The molecule has 1 amide bonds. The fourth-order valence-corrected chi connectivity index (χ4v) is 2.29. The molecule has 0 spiro atoms. The summed E-state index contributed by atoms with van der Waals surface area (Å²) in [5.74, 6) is 0.505. The second-order valence-corrected chi connectivity index (χ2v) is 5.57. The van der Waals surface area contributed by atoms with Gasteiger partial charge in [-0.2, -0.15) is 0 Å². The van der Waals surface area contributed by atoms with Crippen LogP contribution in [0, 0.1) is 0 Å². The highest BCUT2D eigenvalue weighted by atomic mass is 79.9. The number of benzene rings is 1. The lowest BCUT2D eigenvalue weighted by Crippen LogP contribution is -2.15. The first-order valence-corrected chi connectivity index (χ1v) is 7.46. The third-order valence-electron chi connectivity index (χ3n) is 2.92. The highest BCUT2D eigenvalue weighted by Gasteiger charge is 2.05. The number of carbonyl (C=O) groups excluding carboxylic acids is 1. The van der Waals surface area contributed by atoms with Gasteiger partial charge in [0.2, 0.25) is 5.91 Å². The molecule has 0 aliphatic heterocycles. The van der Waals surface area contributed by atoms with Crippen molar-refractivity contribution in [2.45, 2.75) is 26.2 Å². The first-order valence-electron chi connectivity index (χ1n) is 6.66. The molecule has 0 fully saturated rings. The fraction of sp³-hybridized carbons (Fsp3) is 0.250. The lowest BCUT2D eigenvalue weighted by Gasteiger charge is -2.06. The Morgan fingerprint density at radius 2 is 1.90 bits per heavy atom. The monoisotopic (exact) mass is 332 g/mol. The van der Waals surface area contributed by atoms with Crippen LogP contribution in [0.25, 0.3) is 0 Å². The van der Waals surface area contributed by atoms with Gasteiger partial charge < -0.3 is 5.32 Å². The Bertz CT molecular complexity index is 581. The molecule has 4 heteroatoms. The van der Waals surface area contributed by atoms with Gasteiger partial charge in [-0.3, -0.25) is 4.79 Å². The molecule has 1 aromatic heterocycles. The molecule has 3 nitrogen and oxygen atoms in total. The summed E-state index contributed by atoms with van der Waals surface area (Å²) in [6.45, 7) is 2.16. The van der Waals surface area contributed by atoms with E-state index in [1.165, 1.54) is 5.56 Å². The summed E-state index contributed by atoms with van der Waals surface area (Å²) in [5.41, 5.74) is 2.32. The maximum atomic E-state index is 11.9. The number of amides is 1. The fourth-order valence-electron chi connectivity index (χ4n) is 1.96. The largest absolute Gasteiger partial charge is 0.310 e. The third kappa shape index (κ3) is 4.46. The minimum atomic E-state index is -0.0566. The Labute approximate surface area is 127 Å². The van der Waals surface area contributed by atoms with Crippen molar-refractivity contribution in [3.05, 3.63) is 58.2 Å². The van der Waals surface area contributed by atoms with E-state index >= 15 is 0 Å². The van der Waals surface area contributed by atoms with E-state index in [4.69, 9.17) is 0 Å². The lowest BCUT2D eigenvalue weighted by atomic mass is 10.1. The Hall–Kier alpha value is -1.68. The molecule has 0 atom stereocenters. The van der Waals surface area contributed by atoms with Gasteiger partial charge in [-0.05, 0) is 29.7 Å². The van der Waals surface area contributed by atoms with E-state index in [0.29, 0.717) is 12.2 Å². The Kier molecular flexibility index (Phi) is 5.30. The van der Waals surface area contributed by atoms with Gasteiger partial charge in [-0.15, -0.1) is 0 Å². The van der Waals surface area contributed by atoms with Gasteiger partial charge in [-0.1, -0.05) is 53.5 Å². The molecule has 1 heterocycles. The van der Waals surface area contributed by atoms with E-state index in [0.717, 1.165) is 22.9 Å². The Balaban J connectivity index is 1.94. The number of nitrogens with one attached hydrogen (secondary N) is 1. The van der Waals surface area contributed by atoms with Gasteiger partial charge >= 0.3 is 0 Å². The number of halogens is 1. The van der Waals surface area contributed by atoms with Crippen LogP contribution in [0.15, 0.2) is 47.1 Å². The van der Waals surface area contributed by atoms with Crippen molar-refractivity contribution in [2.75, 3.05) is 5.32 Å². The quantitative estimate of drug-likeness (QED) is 0.899. The molecule has 104 valence electrons. The maximum Gasteiger partial charge on any atom is 0.229 e. The third-order valence-corrected chi connectivity index (χ3v) is 3.41. The van der Waals surface area contributed by atoms with Crippen LogP contribution >= 0.6 is 15.9 Å². The number of anilines is 1. The minimum absolute atomic E-state index is 0.0566. The van der Waals surface area contributed by atoms with Gasteiger partial charge in [0.05, 0.1) is 6.42 Å². The number of aryl methyl sites for hydroxylation is 1. The number of aromatic nitrogens is 1. The van der Waals surface area contributed by atoms with Crippen molar-refractivity contribution in [1.29, 1.82) is 0 Å². The van der Waals surface area contributed by atoms with Gasteiger partial charge in [0.25, 0.3) is 0 Å². The number of carbonyl (C=O) groups is 1. The number of pyridine rings is 1. The molecule has 0 bridgehead atoms. The first kappa shape index (κ1) is 14.7.